The summed E-state index contributed by atoms with van der Waals surface area (Å²) in [6, 6.07) is 18.3. The van der Waals surface area contributed by atoms with E-state index in [0.29, 0.717) is 28.4 Å². The van der Waals surface area contributed by atoms with Gasteiger partial charge in [-0.2, -0.15) is 0 Å². The number of nitrogens with zero attached hydrogens (tertiary/aromatic N) is 1. The molecule has 0 bridgehead atoms. The molecule has 4 nitrogen and oxygen atoms in total. The summed E-state index contributed by atoms with van der Waals surface area (Å²) in [5.41, 5.74) is 5.24. The third-order valence-electron chi connectivity index (χ3n) is 5.81. The molecule has 1 aliphatic rings. The van der Waals surface area contributed by atoms with Crippen LogP contribution in [0.3, 0.4) is 0 Å². The maximum absolute atomic E-state index is 13.5. The highest BCUT2D eigenvalue weighted by Crippen LogP contribution is 2.39. The maximum Gasteiger partial charge on any atom is 0.258 e. The maximum atomic E-state index is 13.5. The van der Waals surface area contributed by atoms with Gasteiger partial charge in [-0.05, 0) is 85.8 Å². The van der Waals surface area contributed by atoms with Crippen molar-refractivity contribution in [2.45, 2.75) is 32.1 Å². The molecule has 3 aromatic rings. The van der Waals surface area contributed by atoms with Gasteiger partial charge >= 0.3 is 0 Å². The number of benzene rings is 3. The summed E-state index contributed by atoms with van der Waals surface area (Å²) in [5, 5.41) is 3.35. The molecule has 1 aliphatic heterocycles. The first kappa shape index (κ1) is 22.4. The number of hydrogen-bond acceptors (Lipinski definition) is 2. The SMILES string of the molecule is Cc1ccccc1C(=O)Nc1ccc(C(=O)N2CCCC(Cl)c3cc(Cl)ccc32)c(C)c1. The lowest BCUT2D eigenvalue weighted by Gasteiger charge is -2.24. The molecule has 2 amide bonds. The van der Waals surface area contributed by atoms with Gasteiger partial charge in [-0.15, -0.1) is 11.6 Å². The van der Waals surface area contributed by atoms with E-state index in [9.17, 15) is 9.59 Å². The Labute approximate surface area is 198 Å². The van der Waals surface area contributed by atoms with E-state index in [4.69, 9.17) is 23.2 Å². The molecular formula is C26H24Cl2N2O2. The van der Waals surface area contributed by atoms with E-state index in [1.54, 1.807) is 29.2 Å². The Balaban J connectivity index is 1.60. The van der Waals surface area contributed by atoms with Crippen molar-refractivity contribution in [1.29, 1.82) is 0 Å². The fraction of sp³-hybridized carbons (Fsp3) is 0.231. The van der Waals surface area contributed by atoms with Crippen molar-refractivity contribution in [2.75, 3.05) is 16.8 Å². The van der Waals surface area contributed by atoms with Gasteiger partial charge < -0.3 is 10.2 Å². The molecule has 1 unspecified atom stereocenters. The van der Waals surface area contributed by atoms with E-state index in [1.165, 1.54) is 0 Å². The largest absolute Gasteiger partial charge is 0.322 e. The first-order valence-electron chi connectivity index (χ1n) is 10.6. The molecule has 4 rings (SSSR count). The second-order valence-electron chi connectivity index (χ2n) is 8.07. The monoisotopic (exact) mass is 466 g/mol. The zero-order valence-corrected chi connectivity index (χ0v) is 19.5. The smallest absolute Gasteiger partial charge is 0.258 e. The first-order chi connectivity index (χ1) is 15.3. The van der Waals surface area contributed by atoms with Crippen molar-refractivity contribution in [3.8, 4) is 0 Å². The summed E-state index contributed by atoms with van der Waals surface area (Å²) < 4.78 is 0. The molecule has 0 aromatic heterocycles. The fourth-order valence-electron chi connectivity index (χ4n) is 4.09. The number of carbonyl (C=O) groups excluding carboxylic acids is 2. The van der Waals surface area contributed by atoms with Gasteiger partial charge in [0.15, 0.2) is 0 Å². The minimum Gasteiger partial charge on any atom is -0.322 e. The van der Waals surface area contributed by atoms with Crippen molar-refractivity contribution in [2.24, 2.45) is 0 Å². The average molecular weight is 467 g/mol. The predicted molar refractivity (Wildman–Crippen MR) is 131 cm³/mol. The molecule has 164 valence electrons. The number of carbonyl (C=O) groups is 2. The zero-order valence-electron chi connectivity index (χ0n) is 18.0. The molecule has 1 atom stereocenters. The Morgan fingerprint density at radius 3 is 2.50 bits per heavy atom. The minimum atomic E-state index is -0.179. The molecule has 32 heavy (non-hydrogen) atoms. The Morgan fingerprint density at radius 2 is 1.75 bits per heavy atom. The number of fused-ring (bicyclic) bond motifs is 1. The van der Waals surface area contributed by atoms with E-state index in [1.807, 2.05) is 50.2 Å². The van der Waals surface area contributed by atoms with E-state index in [2.05, 4.69) is 5.32 Å². The second-order valence-corrected chi connectivity index (χ2v) is 9.03. The van der Waals surface area contributed by atoms with Crippen LogP contribution in [-0.4, -0.2) is 18.4 Å². The van der Waals surface area contributed by atoms with Gasteiger partial charge in [0.25, 0.3) is 11.8 Å². The van der Waals surface area contributed by atoms with Gasteiger partial charge in [-0.1, -0.05) is 29.8 Å². The van der Waals surface area contributed by atoms with Crippen LogP contribution in [0.2, 0.25) is 5.02 Å². The third kappa shape index (κ3) is 4.52. The second kappa shape index (κ2) is 9.35. The quantitative estimate of drug-likeness (QED) is 0.425. The predicted octanol–water partition coefficient (Wildman–Crippen LogP) is 6.93. The van der Waals surface area contributed by atoms with Crippen LogP contribution in [0.15, 0.2) is 60.7 Å². The number of hydrogen-bond donors (Lipinski definition) is 1. The lowest BCUT2D eigenvalue weighted by molar-refractivity contribution is 0.0985. The molecule has 0 saturated heterocycles. The molecule has 1 N–H and O–H groups in total. The van der Waals surface area contributed by atoms with Crippen LogP contribution in [0.1, 0.15) is 55.6 Å². The first-order valence-corrected chi connectivity index (χ1v) is 11.4. The molecule has 3 aromatic carbocycles. The van der Waals surface area contributed by atoms with E-state index < -0.39 is 0 Å². The van der Waals surface area contributed by atoms with Crippen molar-refractivity contribution in [3.63, 3.8) is 0 Å². The molecule has 0 fully saturated rings. The standard InChI is InChI=1S/C26H24Cl2N2O2/c1-16-6-3-4-7-20(16)25(31)29-19-10-11-21(17(2)14-19)26(32)30-13-5-8-23(28)22-15-18(27)9-12-24(22)30/h3-4,6-7,9-12,14-15,23H,5,8,13H2,1-2H3,(H,29,31). The van der Waals surface area contributed by atoms with Gasteiger partial charge in [0.1, 0.15) is 0 Å². The Bertz CT molecular complexity index is 1190. The average Bonchev–Trinajstić information content (AvgIpc) is 2.92. The van der Waals surface area contributed by atoms with Crippen molar-refractivity contribution in [3.05, 3.63) is 93.5 Å². The molecule has 6 heteroatoms. The van der Waals surface area contributed by atoms with Crippen LogP contribution in [-0.2, 0) is 0 Å². The molecule has 0 radical (unpaired) electrons. The lowest BCUT2D eigenvalue weighted by atomic mass is 10.0. The molecular weight excluding hydrogens is 443 g/mol. The lowest BCUT2D eigenvalue weighted by Crippen LogP contribution is -2.32. The van der Waals surface area contributed by atoms with Crippen molar-refractivity contribution in [1.82, 2.24) is 0 Å². The normalized spacial score (nSPS) is 15.6. The van der Waals surface area contributed by atoms with Crippen LogP contribution in [0.4, 0.5) is 11.4 Å². The summed E-state index contributed by atoms with van der Waals surface area (Å²) in [4.78, 5) is 27.9. The molecule has 1 heterocycles. The van der Waals surface area contributed by atoms with Gasteiger partial charge in [-0.25, -0.2) is 0 Å². The topological polar surface area (TPSA) is 49.4 Å². The Hall–Kier alpha value is -2.82. The highest BCUT2D eigenvalue weighted by molar-refractivity contribution is 6.31. The molecule has 0 spiro atoms. The van der Waals surface area contributed by atoms with Crippen LogP contribution in [0.5, 0.6) is 0 Å². The van der Waals surface area contributed by atoms with E-state index >= 15 is 0 Å². The van der Waals surface area contributed by atoms with Gasteiger partial charge in [0.05, 0.1) is 5.38 Å². The van der Waals surface area contributed by atoms with Gasteiger partial charge in [0, 0.05) is 34.1 Å². The number of nitrogens with one attached hydrogen (secondary N) is 1. The number of alkyl halides is 1. The number of amides is 2. The van der Waals surface area contributed by atoms with Crippen LogP contribution >= 0.6 is 23.2 Å². The zero-order chi connectivity index (χ0) is 22.8. The molecule has 0 saturated carbocycles. The van der Waals surface area contributed by atoms with Gasteiger partial charge in [-0.3, -0.25) is 9.59 Å². The molecule has 0 aliphatic carbocycles. The van der Waals surface area contributed by atoms with E-state index in [0.717, 1.165) is 35.2 Å². The van der Waals surface area contributed by atoms with Crippen LogP contribution < -0.4 is 10.2 Å². The minimum absolute atomic E-state index is 0.0892. The Kier molecular flexibility index (Phi) is 6.54. The Morgan fingerprint density at radius 1 is 0.969 bits per heavy atom. The van der Waals surface area contributed by atoms with E-state index in [-0.39, 0.29) is 17.2 Å². The summed E-state index contributed by atoms with van der Waals surface area (Å²) in [6.45, 7) is 4.36. The summed E-state index contributed by atoms with van der Waals surface area (Å²) in [6.07, 6.45) is 1.58. The summed E-state index contributed by atoms with van der Waals surface area (Å²) in [7, 11) is 0. The summed E-state index contributed by atoms with van der Waals surface area (Å²) in [5.74, 6) is -0.262. The number of rotatable bonds is 3. The van der Waals surface area contributed by atoms with Gasteiger partial charge in [0.2, 0.25) is 0 Å². The number of anilines is 2. The third-order valence-corrected chi connectivity index (χ3v) is 6.50. The van der Waals surface area contributed by atoms with Crippen LogP contribution in [0, 0.1) is 13.8 Å². The number of halogens is 2. The highest BCUT2D eigenvalue weighted by atomic mass is 35.5. The fourth-order valence-corrected chi connectivity index (χ4v) is 4.60. The summed E-state index contributed by atoms with van der Waals surface area (Å²) >= 11 is 12.7. The van der Waals surface area contributed by atoms with Crippen molar-refractivity contribution < 1.29 is 9.59 Å². The van der Waals surface area contributed by atoms with Crippen LogP contribution in [0.25, 0.3) is 0 Å². The van der Waals surface area contributed by atoms with Crippen molar-refractivity contribution >= 4 is 46.4 Å². The highest BCUT2D eigenvalue weighted by Gasteiger charge is 2.27. The number of aryl methyl sites for hydroxylation is 2.